The zero-order valence-corrected chi connectivity index (χ0v) is 16.3. The average Bonchev–Trinajstić information content (AvgIpc) is 3.40. The third-order valence-electron chi connectivity index (χ3n) is 4.09. The van der Waals surface area contributed by atoms with E-state index in [1.807, 2.05) is 12.1 Å². The number of halogens is 2. The largest absolute Gasteiger partial charge is 0.482 e. The van der Waals surface area contributed by atoms with Crippen molar-refractivity contribution in [2.45, 2.75) is 12.5 Å². The predicted molar refractivity (Wildman–Crippen MR) is 103 cm³/mol. The van der Waals surface area contributed by atoms with Crippen LogP contribution in [0.3, 0.4) is 0 Å². The summed E-state index contributed by atoms with van der Waals surface area (Å²) in [6, 6.07) is 12.0. The molecule has 6 nitrogen and oxygen atoms in total. The van der Waals surface area contributed by atoms with Crippen molar-refractivity contribution in [3.8, 4) is 5.75 Å². The average molecular weight is 450 g/mol. The molecule has 1 aliphatic rings. The fourth-order valence-electron chi connectivity index (χ4n) is 2.83. The van der Waals surface area contributed by atoms with Crippen molar-refractivity contribution < 1.29 is 18.4 Å². The Morgan fingerprint density at radius 3 is 2.78 bits per heavy atom. The number of furan rings is 2. The number of ether oxygens (including phenoxy) is 1. The molecule has 0 bridgehead atoms. The Morgan fingerprint density at radius 2 is 2.07 bits per heavy atom. The van der Waals surface area contributed by atoms with Gasteiger partial charge in [0.25, 0.3) is 5.91 Å². The Balaban J connectivity index is 1.53. The molecule has 0 spiro atoms. The van der Waals surface area contributed by atoms with Gasteiger partial charge < -0.3 is 13.6 Å². The van der Waals surface area contributed by atoms with Gasteiger partial charge >= 0.3 is 0 Å². The Kier molecular flexibility index (Phi) is 5.05. The lowest BCUT2D eigenvalue weighted by atomic mass is 10.1. The van der Waals surface area contributed by atoms with Crippen molar-refractivity contribution >= 4 is 39.1 Å². The zero-order valence-electron chi connectivity index (χ0n) is 14.0. The van der Waals surface area contributed by atoms with E-state index in [0.29, 0.717) is 34.4 Å². The molecule has 0 saturated carbocycles. The van der Waals surface area contributed by atoms with Crippen LogP contribution in [0, 0.1) is 0 Å². The molecule has 3 aromatic rings. The number of hydrogen-bond acceptors (Lipinski definition) is 5. The predicted octanol–water partition coefficient (Wildman–Crippen LogP) is 5.05. The van der Waals surface area contributed by atoms with Gasteiger partial charge in [-0.25, -0.2) is 5.01 Å². The molecule has 1 aromatic carbocycles. The van der Waals surface area contributed by atoms with E-state index in [2.05, 4.69) is 21.0 Å². The molecule has 27 heavy (non-hydrogen) atoms. The van der Waals surface area contributed by atoms with E-state index < -0.39 is 0 Å². The SMILES string of the molecule is O=C(COc1ccc(Br)cc1Cl)N1N=C(c2ccco2)CC1c1ccco1. The number of nitrogens with zero attached hydrogens (tertiary/aromatic N) is 2. The summed E-state index contributed by atoms with van der Waals surface area (Å²) in [5.74, 6) is 1.39. The first-order valence-electron chi connectivity index (χ1n) is 8.16. The van der Waals surface area contributed by atoms with E-state index in [1.165, 1.54) is 5.01 Å². The van der Waals surface area contributed by atoms with Crippen LogP contribution in [0.4, 0.5) is 0 Å². The molecule has 0 aliphatic carbocycles. The van der Waals surface area contributed by atoms with Gasteiger partial charge in [0, 0.05) is 10.9 Å². The first-order chi connectivity index (χ1) is 13.1. The summed E-state index contributed by atoms with van der Waals surface area (Å²) in [6.07, 6.45) is 3.63. The lowest BCUT2D eigenvalue weighted by Crippen LogP contribution is -2.31. The van der Waals surface area contributed by atoms with E-state index in [1.54, 1.807) is 42.9 Å². The van der Waals surface area contributed by atoms with Crippen molar-refractivity contribution in [3.63, 3.8) is 0 Å². The summed E-state index contributed by atoms with van der Waals surface area (Å²) in [4.78, 5) is 12.8. The van der Waals surface area contributed by atoms with Crippen LogP contribution in [0.5, 0.6) is 5.75 Å². The maximum Gasteiger partial charge on any atom is 0.281 e. The topological polar surface area (TPSA) is 68.2 Å². The van der Waals surface area contributed by atoms with Crippen molar-refractivity contribution in [2.75, 3.05) is 6.61 Å². The second kappa shape index (κ2) is 7.62. The van der Waals surface area contributed by atoms with Gasteiger partial charge in [-0.05, 0) is 42.5 Å². The third kappa shape index (κ3) is 3.79. The lowest BCUT2D eigenvalue weighted by Gasteiger charge is -2.20. The number of hydrogen-bond donors (Lipinski definition) is 0. The van der Waals surface area contributed by atoms with Crippen molar-refractivity contribution in [1.29, 1.82) is 0 Å². The zero-order chi connectivity index (χ0) is 18.8. The molecule has 0 saturated heterocycles. The number of amides is 1. The Labute approximate surface area is 168 Å². The summed E-state index contributed by atoms with van der Waals surface area (Å²) in [5.41, 5.74) is 0.677. The van der Waals surface area contributed by atoms with E-state index in [-0.39, 0.29) is 18.6 Å². The van der Waals surface area contributed by atoms with E-state index in [4.69, 9.17) is 25.2 Å². The first-order valence-corrected chi connectivity index (χ1v) is 9.33. The van der Waals surface area contributed by atoms with Gasteiger partial charge in [-0.2, -0.15) is 5.10 Å². The summed E-state index contributed by atoms with van der Waals surface area (Å²) in [7, 11) is 0. The fourth-order valence-corrected chi connectivity index (χ4v) is 3.56. The number of carbonyl (C=O) groups is 1. The van der Waals surface area contributed by atoms with Gasteiger partial charge in [-0.3, -0.25) is 4.79 Å². The van der Waals surface area contributed by atoms with Crippen LogP contribution in [-0.4, -0.2) is 23.2 Å². The van der Waals surface area contributed by atoms with Crippen LogP contribution in [0.25, 0.3) is 0 Å². The van der Waals surface area contributed by atoms with Gasteiger partial charge in [0.15, 0.2) is 6.61 Å². The van der Waals surface area contributed by atoms with Crippen molar-refractivity contribution in [2.24, 2.45) is 5.10 Å². The van der Waals surface area contributed by atoms with Crippen LogP contribution in [0.15, 0.2) is 73.4 Å². The number of hydrazone groups is 1. The third-order valence-corrected chi connectivity index (χ3v) is 4.88. The molecule has 0 radical (unpaired) electrons. The Hall–Kier alpha value is -2.51. The number of carbonyl (C=O) groups excluding carboxylic acids is 1. The molecule has 1 amide bonds. The molecule has 4 rings (SSSR count). The Bertz CT molecular complexity index is 970. The lowest BCUT2D eigenvalue weighted by molar-refractivity contribution is -0.135. The number of rotatable bonds is 5. The quantitative estimate of drug-likeness (QED) is 0.547. The molecule has 1 atom stereocenters. The molecule has 0 N–H and O–H groups in total. The van der Waals surface area contributed by atoms with Gasteiger partial charge in [-0.15, -0.1) is 0 Å². The van der Waals surface area contributed by atoms with Crippen molar-refractivity contribution in [1.82, 2.24) is 5.01 Å². The minimum Gasteiger partial charge on any atom is -0.482 e. The van der Waals surface area contributed by atoms with Crippen molar-refractivity contribution in [3.05, 3.63) is 76.0 Å². The maximum absolute atomic E-state index is 12.8. The summed E-state index contributed by atoms with van der Waals surface area (Å²) >= 11 is 9.47. The smallest absolute Gasteiger partial charge is 0.281 e. The van der Waals surface area contributed by atoms with Gasteiger partial charge in [0.05, 0.1) is 17.5 Å². The highest BCUT2D eigenvalue weighted by atomic mass is 79.9. The van der Waals surface area contributed by atoms with Crippen LogP contribution in [0.1, 0.15) is 24.0 Å². The maximum atomic E-state index is 12.8. The minimum atomic E-state index is -0.350. The summed E-state index contributed by atoms with van der Waals surface area (Å²) < 4.78 is 17.3. The monoisotopic (exact) mass is 448 g/mol. The van der Waals surface area contributed by atoms with E-state index in [0.717, 1.165) is 4.47 Å². The summed E-state index contributed by atoms with van der Waals surface area (Å²) in [5, 5.41) is 6.24. The van der Waals surface area contributed by atoms with Crippen LogP contribution < -0.4 is 4.74 Å². The van der Waals surface area contributed by atoms with Gasteiger partial charge in [0.1, 0.15) is 29.0 Å². The fraction of sp³-hybridized carbons (Fsp3) is 0.158. The molecule has 1 unspecified atom stereocenters. The highest BCUT2D eigenvalue weighted by Gasteiger charge is 2.35. The minimum absolute atomic E-state index is 0.201. The number of benzene rings is 1. The molecule has 2 aromatic heterocycles. The standard InChI is InChI=1S/C19H14BrClN2O4/c20-12-5-6-16(13(21)9-12)27-11-19(24)23-15(18-4-2-8-26-18)10-14(22-23)17-3-1-7-25-17/h1-9,15H,10-11H2. The summed E-state index contributed by atoms with van der Waals surface area (Å²) in [6.45, 7) is -0.201. The van der Waals surface area contributed by atoms with E-state index in [9.17, 15) is 4.79 Å². The molecule has 3 heterocycles. The van der Waals surface area contributed by atoms with E-state index >= 15 is 0 Å². The molecular formula is C19H14BrClN2O4. The highest BCUT2D eigenvalue weighted by Crippen LogP contribution is 2.33. The van der Waals surface area contributed by atoms with Crippen LogP contribution in [0.2, 0.25) is 5.02 Å². The molecule has 138 valence electrons. The highest BCUT2D eigenvalue weighted by molar-refractivity contribution is 9.10. The van der Waals surface area contributed by atoms with Crippen LogP contribution in [-0.2, 0) is 4.79 Å². The second-order valence-electron chi connectivity index (χ2n) is 5.86. The normalized spacial score (nSPS) is 16.4. The Morgan fingerprint density at radius 1 is 1.26 bits per heavy atom. The van der Waals surface area contributed by atoms with Crippen LogP contribution >= 0.6 is 27.5 Å². The molecule has 8 heteroatoms. The first kappa shape index (κ1) is 17.9. The molecular weight excluding hydrogens is 436 g/mol. The molecule has 0 fully saturated rings. The van der Waals surface area contributed by atoms with Gasteiger partial charge in [0.2, 0.25) is 0 Å². The van der Waals surface area contributed by atoms with Gasteiger partial charge in [-0.1, -0.05) is 27.5 Å². The molecule has 1 aliphatic heterocycles. The second-order valence-corrected chi connectivity index (χ2v) is 7.18.